The van der Waals surface area contributed by atoms with Crippen molar-refractivity contribution in [2.75, 3.05) is 7.11 Å². The summed E-state index contributed by atoms with van der Waals surface area (Å²) in [6, 6.07) is 14.0. The van der Waals surface area contributed by atoms with Crippen LogP contribution in [0.3, 0.4) is 0 Å². The van der Waals surface area contributed by atoms with Gasteiger partial charge in [0.1, 0.15) is 17.1 Å². The van der Waals surface area contributed by atoms with E-state index in [2.05, 4.69) is 5.10 Å². The molecule has 0 aliphatic rings. The molecule has 4 rings (SSSR count). The minimum atomic E-state index is -0.308. The highest BCUT2D eigenvalue weighted by atomic mass is 32.2. The maximum atomic E-state index is 13.5. The first-order chi connectivity index (χ1) is 15.0. The van der Waals surface area contributed by atoms with Crippen LogP contribution in [0.1, 0.15) is 23.7 Å². The molecule has 0 aliphatic heterocycles. The average molecular weight is 439 g/mol. The predicted molar refractivity (Wildman–Crippen MR) is 120 cm³/mol. The van der Waals surface area contributed by atoms with Gasteiger partial charge in [0.2, 0.25) is 0 Å². The van der Waals surface area contributed by atoms with E-state index in [0.717, 1.165) is 22.6 Å². The Kier molecular flexibility index (Phi) is 6.08. The minimum absolute atomic E-state index is 0.148. The fourth-order valence-corrected chi connectivity index (χ4v) is 4.38. The summed E-state index contributed by atoms with van der Waals surface area (Å²) >= 11 is 1.48. The van der Waals surface area contributed by atoms with Gasteiger partial charge in [-0.3, -0.25) is 14.0 Å². The molecular formula is C23H23FN4O2S. The van der Waals surface area contributed by atoms with Gasteiger partial charge in [0, 0.05) is 12.3 Å². The maximum absolute atomic E-state index is 13.5. The Labute approximate surface area is 183 Å². The molecule has 0 amide bonds. The van der Waals surface area contributed by atoms with Crippen LogP contribution in [0, 0.1) is 12.7 Å². The van der Waals surface area contributed by atoms with E-state index in [1.165, 1.54) is 23.9 Å². The highest BCUT2D eigenvalue weighted by molar-refractivity contribution is 7.98. The smallest absolute Gasteiger partial charge is 0.280 e. The second-order valence-electron chi connectivity index (χ2n) is 7.15. The minimum Gasteiger partial charge on any atom is -0.497 e. The lowest BCUT2D eigenvalue weighted by Gasteiger charge is -2.13. The van der Waals surface area contributed by atoms with Crippen LogP contribution in [0.25, 0.3) is 11.0 Å². The van der Waals surface area contributed by atoms with E-state index in [-0.39, 0.29) is 11.4 Å². The van der Waals surface area contributed by atoms with E-state index in [4.69, 9.17) is 9.72 Å². The third kappa shape index (κ3) is 4.34. The van der Waals surface area contributed by atoms with Crippen LogP contribution < -0.4 is 10.3 Å². The number of fused-ring (bicyclic) bond motifs is 1. The van der Waals surface area contributed by atoms with Crippen molar-refractivity contribution in [1.82, 2.24) is 19.3 Å². The molecule has 0 saturated heterocycles. The summed E-state index contributed by atoms with van der Waals surface area (Å²) in [6.07, 6.45) is 0. The summed E-state index contributed by atoms with van der Waals surface area (Å²) in [4.78, 5) is 18.3. The van der Waals surface area contributed by atoms with Gasteiger partial charge >= 0.3 is 0 Å². The zero-order valence-electron chi connectivity index (χ0n) is 17.6. The van der Waals surface area contributed by atoms with Crippen molar-refractivity contribution in [3.8, 4) is 5.75 Å². The number of benzene rings is 2. The molecule has 2 heterocycles. The molecule has 6 nitrogen and oxygen atoms in total. The van der Waals surface area contributed by atoms with Crippen molar-refractivity contribution in [2.24, 2.45) is 0 Å². The predicted octanol–water partition coefficient (Wildman–Crippen LogP) is 4.41. The molecule has 0 spiro atoms. The quantitative estimate of drug-likeness (QED) is 0.316. The van der Waals surface area contributed by atoms with Gasteiger partial charge in [0.05, 0.1) is 19.3 Å². The number of methoxy groups -OCH3 is 1. The summed E-state index contributed by atoms with van der Waals surface area (Å²) in [7, 11) is 1.64. The number of ether oxygens (including phenoxy) is 1. The van der Waals surface area contributed by atoms with Crippen LogP contribution in [-0.4, -0.2) is 26.4 Å². The van der Waals surface area contributed by atoms with E-state index in [9.17, 15) is 9.18 Å². The maximum Gasteiger partial charge on any atom is 0.280 e. The fraction of sp³-hybridized carbons (Fsp3) is 0.261. The molecule has 0 aliphatic carbocycles. The molecule has 8 heteroatoms. The van der Waals surface area contributed by atoms with Crippen molar-refractivity contribution in [3.05, 3.63) is 81.5 Å². The third-order valence-electron chi connectivity index (χ3n) is 5.04. The number of hydrogen-bond acceptors (Lipinski definition) is 5. The van der Waals surface area contributed by atoms with E-state index in [1.807, 2.05) is 38.1 Å². The Balaban J connectivity index is 1.78. The second-order valence-corrected chi connectivity index (χ2v) is 8.09. The van der Waals surface area contributed by atoms with Crippen LogP contribution in [-0.2, 0) is 18.8 Å². The average Bonchev–Trinajstić information content (AvgIpc) is 3.11. The summed E-state index contributed by atoms with van der Waals surface area (Å²) < 4.78 is 22.0. The Hall–Kier alpha value is -3.13. The number of aromatic nitrogens is 4. The van der Waals surface area contributed by atoms with E-state index >= 15 is 0 Å². The molecule has 0 bridgehead atoms. The Morgan fingerprint density at radius 2 is 1.90 bits per heavy atom. The van der Waals surface area contributed by atoms with Gasteiger partial charge in [0.25, 0.3) is 5.56 Å². The molecule has 0 radical (unpaired) electrons. The topological polar surface area (TPSA) is 61.9 Å². The number of nitrogens with zero attached hydrogens (tertiary/aromatic N) is 4. The van der Waals surface area contributed by atoms with Gasteiger partial charge in [0.15, 0.2) is 10.7 Å². The van der Waals surface area contributed by atoms with E-state index in [1.54, 1.807) is 28.5 Å². The lowest BCUT2D eigenvalue weighted by atomic mass is 10.2. The molecule has 31 heavy (non-hydrogen) atoms. The highest BCUT2D eigenvalue weighted by Crippen LogP contribution is 2.25. The summed E-state index contributed by atoms with van der Waals surface area (Å²) in [5.41, 5.74) is 3.58. The van der Waals surface area contributed by atoms with Crippen LogP contribution in [0.2, 0.25) is 0 Å². The van der Waals surface area contributed by atoms with Crippen molar-refractivity contribution < 1.29 is 9.13 Å². The molecule has 0 N–H and O–H groups in total. The normalized spacial score (nSPS) is 11.2. The number of thioether (sulfide) groups is 1. The summed E-state index contributed by atoms with van der Waals surface area (Å²) in [6.45, 7) is 4.69. The van der Waals surface area contributed by atoms with Crippen LogP contribution in [0.5, 0.6) is 5.75 Å². The number of aryl methyl sites for hydroxylation is 2. The van der Waals surface area contributed by atoms with Crippen molar-refractivity contribution in [2.45, 2.75) is 37.8 Å². The molecular weight excluding hydrogens is 415 g/mol. The second kappa shape index (κ2) is 8.93. The summed E-state index contributed by atoms with van der Waals surface area (Å²) in [5.74, 6) is 1.10. The molecule has 0 unspecified atom stereocenters. The molecule has 2 aromatic heterocycles. The Bertz CT molecular complexity index is 1280. The van der Waals surface area contributed by atoms with Gasteiger partial charge in [-0.05, 0) is 49.2 Å². The monoisotopic (exact) mass is 438 g/mol. The van der Waals surface area contributed by atoms with E-state index < -0.39 is 0 Å². The van der Waals surface area contributed by atoms with E-state index in [0.29, 0.717) is 35.0 Å². The lowest BCUT2D eigenvalue weighted by Crippen LogP contribution is -2.25. The number of hydrogen-bond donors (Lipinski definition) is 0. The first kappa shape index (κ1) is 21.1. The molecule has 2 aromatic carbocycles. The van der Waals surface area contributed by atoms with Crippen LogP contribution >= 0.6 is 11.8 Å². The number of rotatable bonds is 7. The van der Waals surface area contributed by atoms with Gasteiger partial charge in [-0.25, -0.2) is 9.37 Å². The zero-order valence-corrected chi connectivity index (χ0v) is 18.4. The first-order valence-corrected chi connectivity index (χ1v) is 11.0. The van der Waals surface area contributed by atoms with Crippen LogP contribution in [0.15, 0.2) is 58.5 Å². The van der Waals surface area contributed by atoms with Crippen LogP contribution in [0.4, 0.5) is 4.39 Å². The molecule has 0 saturated carbocycles. The van der Waals surface area contributed by atoms with Gasteiger partial charge in [-0.15, -0.1) is 0 Å². The zero-order chi connectivity index (χ0) is 22.0. The summed E-state index contributed by atoms with van der Waals surface area (Å²) in [5, 5.41) is 5.08. The van der Waals surface area contributed by atoms with Gasteiger partial charge in [-0.2, -0.15) is 5.10 Å². The lowest BCUT2D eigenvalue weighted by molar-refractivity contribution is 0.414. The first-order valence-electron chi connectivity index (χ1n) is 9.98. The largest absolute Gasteiger partial charge is 0.497 e. The molecule has 160 valence electrons. The molecule has 0 atom stereocenters. The fourth-order valence-electron chi connectivity index (χ4n) is 3.45. The third-order valence-corrected chi connectivity index (χ3v) is 6.09. The molecule has 4 aromatic rings. The van der Waals surface area contributed by atoms with Gasteiger partial charge < -0.3 is 4.74 Å². The Morgan fingerprint density at radius 3 is 2.61 bits per heavy atom. The van der Waals surface area contributed by atoms with Gasteiger partial charge in [-0.1, -0.05) is 36.0 Å². The van der Waals surface area contributed by atoms with Crippen molar-refractivity contribution in [1.29, 1.82) is 0 Å². The highest BCUT2D eigenvalue weighted by Gasteiger charge is 2.18. The standard InChI is InChI=1S/C23H23FN4O2S/c1-4-28-21-20(15(2)26-28)25-23(31-14-17-6-5-7-19(12-17)30-3)27(22(21)29)13-16-8-10-18(24)11-9-16/h5-12H,4,13-14H2,1-3H3. The Morgan fingerprint density at radius 1 is 1.13 bits per heavy atom. The number of halogens is 1. The SMILES string of the molecule is CCn1nc(C)c2nc(SCc3cccc(OC)c3)n(Cc3ccc(F)cc3)c(=O)c21. The van der Waals surface area contributed by atoms with Crippen molar-refractivity contribution >= 4 is 22.8 Å². The molecule has 0 fully saturated rings. The van der Waals surface area contributed by atoms with Crippen molar-refractivity contribution in [3.63, 3.8) is 0 Å².